The summed E-state index contributed by atoms with van der Waals surface area (Å²) in [7, 11) is 0. The second kappa shape index (κ2) is 12.7. The molecule has 1 aliphatic carbocycles. The van der Waals surface area contributed by atoms with Gasteiger partial charge in [-0.3, -0.25) is 9.59 Å². The molecular formula is C16H32ClN3O2. The van der Waals surface area contributed by atoms with E-state index in [2.05, 4.69) is 10.6 Å². The molecule has 2 amide bonds. The number of unbranched alkanes of at least 4 members (excludes halogenated alkanes) is 2. The largest absolute Gasteiger partial charge is 0.356 e. The summed E-state index contributed by atoms with van der Waals surface area (Å²) in [6.07, 6.45) is 9.55. The molecule has 0 radical (unpaired) electrons. The number of hydrogen-bond acceptors (Lipinski definition) is 3. The smallest absolute Gasteiger partial charge is 0.220 e. The van der Waals surface area contributed by atoms with Crippen molar-refractivity contribution < 1.29 is 9.59 Å². The van der Waals surface area contributed by atoms with Gasteiger partial charge in [-0.05, 0) is 31.6 Å². The highest BCUT2D eigenvalue weighted by Crippen LogP contribution is 2.26. The molecule has 1 rings (SSSR count). The molecule has 1 fully saturated rings. The van der Waals surface area contributed by atoms with E-state index < -0.39 is 0 Å². The van der Waals surface area contributed by atoms with Gasteiger partial charge in [-0.1, -0.05) is 25.7 Å². The van der Waals surface area contributed by atoms with Crippen LogP contribution in [0.4, 0.5) is 0 Å². The maximum atomic E-state index is 12.0. The Balaban J connectivity index is 0.00000441. The molecule has 22 heavy (non-hydrogen) atoms. The highest BCUT2D eigenvalue weighted by molar-refractivity contribution is 5.85. The molecular weight excluding hydrogens is 302 g/mol. The van der Waals surface area contributed by atoms with E-state index in [0.29, 0.717) is 25.4 Å². The number of carbonyl (C=O) groups excluding carboxylic acids is 2. The van der Waals surface area contributed by atoms with Crippen molar-refractivity contribution in [3.63, 3.8) is 0 Å². The second-order valence-electron chi connectivity index (χ2n) is 6.10. The normalized spacial score (nSPS) is 16.5. The van der Waals surface area contributed by atoms with Crippen LogP contribution in [0, 0.1) is 5.92 Å². The van der Waals surface area contributed by atoms with Crippen molar-refractivity contribution in [3.8, 4) is 0 Å². The van der Waals surface area contributed by atoms with Crippen molar-refractivity contribution in [2.45, 2.75) is 70.8 Å². The summed E-state index contributed by atoms with van der Waals surface area (Å²) in [6.45, 7) is 2.76. The number of rotatable bonds is 9. The highest BCUT2D eigenvalue weighted by atomic mass is 35.5. The maximum absolute atomic E-state index is 12.0. The standard InChI is InChI=1S/C16H31N3O2.ClH/c1-13(20)18-11-7-3-6-10-16(21)19-15(12-17)14-8-4-2-5-9-14;/h14-15H,2-12,17H2,1H3,(H,18,20)(H,19,21);1H. The molecule has 0 aliphatic heterocycles. The average molecular weight is 334 g/mol. The van der Waals surface area contributed by atoms with Crippen LogP contribution < -0.4 is 16.4 Å². The van der Waals surface area contributed by atoms with Gasteiger partial charge in [0.2, 0.25) is 11.8 Å². The number of amides is 2. The summed E-state index contributed by atoms with van der Waals surface area (Å²) in [5, 5.41) is 5.87. The molecule has 6 heteroatoms. The molecule has 1 saturated carbocycles. The molecule has 0 heterocycles. The predicted molar refractivity (Wildman–Crippen MR) is 92.0 cm³/mol. The fraction of sp³-hybridized carbons (Fsp3) is 0.875. The Bertz CT molecular complexity index is 321. The molecule has 0 bridgehead atoms. The molecule has 0 aromatic rings. The van der Waals surface area contributed by atoms with Gasteiger partial charge in [-0.25, -0.2) is 0 Å². The predicted octanol–water partition coefficient (Wildman–Crippen LogP) is 2.13. The molecule has 5 nitrogen and oxygen atoms in total. The van der Waals surface area contributed by atoms with Crippen LogP contribution in [0.15, 0.2) is 0 Å². The maximum Gasteiger partial charge on any atom is 0.220 e. The number of carbonyl (C=O) groups is 2. The van der Waals surface area contributed by atoms with Gasteiger partial charge >= 0.3 is 0 Å². The quantitative estimate of drug-likeness (QED) is 0.565. The molecule has 0 spiro atoms. The third kappa shape index (κ3) is 9.26. The zero-order valence-corrected chi connectivity index (χ0v) is 14.6. The lowest BCUT2D eigenvalue weighted by molar-refractivity contribution is -0.122. The number of nitrogens with one attached hydrogen (secondary N) is 2. The Labute approximate surface area is 140 Å². The van der Waals surface area contributed by atoms with Gasteiger partial charge in [0.05, 0.1) is 0 Å². The number of nitrogens with two attached hydrogens (primary N) is 1. The van der Waals surface area contributed by atoms with Crippen molar-refractivity contribution in [2.75, 3.05) is 13.1 Å². The summed E-state index contributed by atoms with van der Waals surface area (Å²) < 4.78 is 0. The third-order valence-corrected chi connectivity index (χ3v) is 4.27. The topological polar surface area (TPSA) is 84.2 Å². The molecule has 0 saturated heterocycles. The summed E-state index contributed by atoms with van der Waals surface area (Å²) in [5.41, 5.74) is 5.82. The Morgan fingerprint density at radius 2 is 1.82 bits per heavy atom. The molecule has 1 atom stereocenters. The van der Waals surface area contributed by atoms with Gasteiger partial charge in [0.25, 0.3) is 0 Å². The van der Waals surface area contributed by atoms with Crippen molar-refractivity contribution in [2.24, 2.45) is 11.7 Å². The third-order valence-electron chi connectivity index (χ3n) is 4.27. The minimum atomic E-state index is 0. The summed E-state index contributed by atoms with van der Waals surface area (Å²) in [6, 6.07) is 0.150. The van der Waals surface area contributed by atoms with Gasteiger partial charge < -0.3 is 16.4 Å². The fourth-order valence-corrected chi connectivity index (χ4v) is 3.04. The van der Waals surface area contributed by atoms with Crippen LogP contribution in [0.1, 0.15) is 64.7 Å². The summed E-state index contributed by atoms with van der Waals surface area (Å²) in [5.74, 6) is 0.689. The summed E-state index contributed by atoms with van der Waals surface area (Å²) in [4.78, 5) is 22.7. The first kappa shape index (κ1) is 21.2. The van der Waals surface area contributed by atoms with Crippen LogP contribution in [0.3, 0.4) is 0 Å². The lowest BCUT2D eigenvalue weighted by atomic mass is 9.84. The van der Waals surface area contributed by atoms with Crippen molar-refractivity contribution in [3.05, 3.63) is 0 Å². The zero-order chi connectivity index (χ0) is 15.5. The van der Waals surface area contributed by atoms with Crippen LogP contribution in [0.2, 0.25) is 0 Å². The van der Waals surface area contributed by atoms with Gasteiger partial charge in [0.15, 0.2) is 0 Å². The summed E-state index contributed by atoms with van der Waals surface area (Å²) >= 11 is 0. The van der Waals surface area contributed by atoms with Crippen molar-refractivity contribution >= 4 is 24.2 Å². The van der Waals surface area contributed by atoms with Crippen LogP contribution in [0.5, 0.6) is 0 Å². The van der Waals surface area contributed by atoms with Gasteiger partial charge in [0.1, 0.15) is 0 Å². The number of halogens is 1. The van der Waals surface area contributed by atoms with E-state index in [1.165, 1.54) is 39.0 Å². The molecule has 4 N–H and O–H groups in total. The van der Waals surface area contributed by atoms with E-state index in [1.807, 2.05) is 0 Å². The molecule has 1 unspecified atom stereocenters. The molecule has 0 aromatic heterocycles. The SMILES string of the molecule is CC(=O)NCCCCCC(=O)NC(CN)C1CCCCC1.Cl. The Morgan fingerprint density at radius 3 is 2.41 bits per heavy atom. The van der Waals surface area contributed by atoms with Crippen molar-refractivity contribution in [1.82, 2.24) is 10.6 Å². The highest BCUT2D eigenvalue weighted by Gasteiger charge is 2.23. The lowest BCUT2D eigenvalue weighted by Crippen LogP contribution is -2.45. The Hall–Kier alpha value is -0.810. The van der Waals surface area contributed by atoms with Crippen LogP contribution in [-0.2, 0) is 9.59 Å². The van der Waals surface area contributed by atoms with E-state index in [-0.39, 0.29) is 30.3 Å². The molecule has 130 valence electrons. The Morgan fingerprint density at radius 1 is 1.14 bits per heavy atom. The lowest BCUT2D eigenvalue weighted by Gasteiger charge is -2.30. The van der Waals surface area contributed by atoms with Gasteiger partial charge in [0, 0.05) is 32.5 Å². The van der Waals surface area contributed by atoms with Crippen LogP contribution in [-0.4, -0.2) is 30.9 Å². The van der Waals surface area contributed by atoms with Gasteiger partial charge in [-0.2, -0.15) is 0 Å². The fourth-order valence-electron chi connectivity index (χ4n) is 3.04. The zero-order valence-electron chi connectivity index (χ0n) is 13.7. The first-order chi connectivity index (χ1) is 10.1. The minimum absolute atomic E-state index is 0. The van der Waals surface area contributed by atoms with E-state index >= 15 is 0 Å². The van der Waals surface area contributed by atoms with Crippen LogP contribution in [0.25, 0.3) is 0 Å². The first-order valence-electron chi connectivity index (χ1n) is 8.37. The number of hydrogen-bond donors (Lipinski definition) is 3. The Kier molecular flexibility index (Phi) is 12.2. The molecule has 0 aromatic carbocycles. The molecule has 1 aliphatic rings. The van der Waals surface area contributed by atoms with Crippen LogP contribution >= 0.6 is 12.4 Å². The van der Waals surface area contributed by atoms with Crippen molar-refractivity contribution in [1.29, 1.82) is 0 Å². The minimum Gasteiger partial charge on any atom is -0.356 e. The van der Waals surface area contributed by atoms with E-state index in [0.717, 1.165) is 19.3 Å². The monoisotopic (exact) mass is 333 g/mol. The second-order valence-corrected chi connectivity index (χ2v) is 6.10. The van der Waals surface area contributed by atoms with E-state index in [9.17, 15) is 9.59 Å². The van der Waals surface area contributed by atoms with Gasteiger partial charge in [-0.15, -0.1) is 12.4 Å². The average Bonchev–Trinajstić information content (AvgIpc) is 2.49. The van der Waals surface area contributed by atoms with E-state index in [1.54, 1.807) is 0 Å². The van der Waals surface area contributed by atoms with E-state index in [4.69, 9.17) is 5.73 Å². The first-order valence-corrected chi connectivity index (χ1v) is 8.37.